The van der Waals surface area contributed by atoms with E-state index in [2.05, 4.69) is 11.7 Å². The zero-order valence-corrected chi connectivity index (χ0v) is 15.9. The van der Waals surface area contributed by atoms with Gasteiger partial charge in [-0.15, -0.1) is 0 Å². The first kappa shape index (κ1) is 22.9. The van der Waals surface area contributed by atoms with E-state index in [0.717, 1.165) is 12.0 Å². The maximum atomic E-state index is 10.2. The summed E-state index contributed by atoms with van der Waals surface area (Å²) in [4.78, 5) is 0. The molecule has 0 heterocycles. The van der Waals surface area contributed by atoms with Crippen LogP contribution >= 0.6 is 0 Å². The fraction of sp³-hybridized carbons (Fsp3) is 0.667. The summed E-state index contributed by atoms with van der Waals surface area (Å²) in [6.07, 6.45) is 8.85. The second-order valence-corrected chi connectivity index (χ2v) is 7.38. The number of phenols is 1. The lowest BCUT2D eigenvalue weighted by molar-refractivity contribution is 0.122. The molecule has 0 aromatic heterocycles. The van der Waals surface area contributed by atoms with Crippen LogP contribution in [0, 0.1) is 0 Å². The number of aromatic hydroxyl groups is 1. The van der Waals surface area contributed by atoms with E-state index >= 15 is 0 Å². The Labute approximate surface area is 146 Å². The molecule has 1 unspecified atom stereocenters. The summed E-state index contributed by atoms with van der Waals surface area (Å²) in [6.45, 7) is 5.45. The van der Waals surface area contributed by atoms with Crippen molar-refractivity contribution in [2.45, 2.75) is 71.2 Å². The SMILES string of the molecule is CCCCCCCCc1ccccc1O.CCOC(C)S(=O)(=O)O. The molecule has 2 N–H and O–H groups in total. The first-order valence-electron chi connectivity index (χ1n) is 8.67. The first-order valence-corrected chi connectivity index (χ1v) is 10.2. The van der Waals surface area contributed by atoms with Gasteiger partial charge < -0.3 is 9.84 Å². The monoisotopic (exact) mass is 360 g/mol. The smallest absolute Gasteiger partial charge is 0.291 e. The van der Waals surface area contributed by atoms with E-state index in [1.165, 1.54) is 45.4 Å². The van der Waals surface area contributed by atoms with Crippen LogP contribution < -0.4 is 0 Å². The number of rotatable bonds is 10. The number of para-hydroxylation sites is 1. The van der Waals surface area contributed by atoms with Crippen LogP contribution in [0.5, 0.6) is 5.75 Å². The van der Waals surface area contributed by atoms with Gasteiger partial charge in [-0.05, 0) is 38.3 Å². The van der Waals surface area contributed by atoms with Crippen molar-refractivity contribution in [1.82, 2.24) is 0 Å². The molecule has 1 aromatic carbocycles. The van der Waals surface area contributed by atoms with Crippen molar-refractivity contribution in [2.24, 2.45) is 0 Å². The molecule has 1 aromatic rings. The third kappa shape index (κ3) is 11.4. The van der Waals surface area contributed by atoms with Crippen LogP contribution in [-0.4, -0.2) is 30.1 Å². The summed E-state index contributed by atoms with van der Waals surface area (Å²) >= 11 is 0. The molecule has 0 bridgehead atoms. The fourth-order valence-electron chi connectivity index (χ4n) is 2.14. The Hall–Kier alpha value is -1.11. The Morgan fingerprint density at radius 3 is 2.12 bits per heavy atom. The molecule has 5 nitrogen and oxygen atoms in total. The van der Waals surface area contributed by atoms with Gasteiger partial charge in [0.25, 0.3) is 10.1 Å². The van der Waals surface area contributed by atoms with Gasteiger partial charge in [0.2, 0.25) is 0 Å². The number of ether oxygens (including phenoxy) is 1. The predicted octanol–water partition coefficient (Wildman–Crippen LogP) is 4.55. The summed E-state index contributed by atoms with van der Waals surface area (Å²) < 4.78 is 33.1. The Morgan fingerprint density at radius 2 is 1.62 bits per heavy atom. The molecule has 24 heavy (non-hydrogen) atoms. The summed E-state index contributed by atoms with van der Waals surface area (Å²) in [7, 11) is -3.99. The highest BCUT2D eigenvalue weighted by Gasteiger charge is 2.15. The molecule has 1 rings (SSSR count). The molecule has 1 atom stereocenters. The second-order valence-electron chi connectivity index (χ2n) is 5.68. The molecular formula is C18H32O5S. The molecule has 0 aliphatic rings. The van der Waals surface area contributed by atoms with Crippen molar-refractivity contribution < 1.29 is 22.8 Å². The quantitative estimate of drug-likeness (QED) is 0.472. The van der Waals surface area contributed by atoms with Gasteiger partial charge in [0.1, 0.15) is 5.75 Å². The number of unbranched alkanes of at least 4 members (excludes halogenated alkanes) is 5. The summed E-state index contributed by atoms with van der Waals surface area (Å²) in [5.41, 5.74) is -0.0181. The molecule has 0 amide bonds. The normalized spacial score (nSPS) is 12.3. The minimum Gasteiger partial charge on any atom is -0.508 e. The minimum atomic E-state index is -3.99. The maximum absolute atomic E-state index is 10.2. The van der Waals surface area contributed by atoms with Gasteiger partial charge in [0.05, 0.1) is 0 Å². The van der Waals surface area contributed by atoms with Crippen LogP contribution in [0.3, 0.4) is 0 Å². The lowest BCUT2D eigenvalue weighted by atomic mass is 10.0. The molecule has 0 spiro atoms. The van der Waals surface area contributed by atoms with Crippen LogP contribution in [0.25, 0.3) is 0 Å². The van der Waals surface area contributed by atoms with Crippen molar-refractivity contribution in [3.8, 4) is 5.75 Å². The zero-order chi connectivity index (χ0) is 18.4. The topological polar surface area (TPSA) is 83.8 Å². The Balaban J connectivity index is 0.000000506. The Morgan fingerprint density at radius 1 is 1.04 bits per heavy atom. The first-order chi connectivity index (χ1) is 11.3. The minimum absolute atomic E-state index is 0.279. The van der Waals surface area contributed by atoms with Crippen molar-refractivity contribution in [2.75, 3.05) is 6.61 Å². The van der Waals surface area contributed by atoms with Gasteiger partial charge >= 0.3 is 0 Å². The summed E-state index contributed by atoms with van der Waals surface area (Å²) in [5, 5.41) is 9.55. The molecular weight excluding hydrogens is 328 g/mol. The average Bonchev–Trinajstić information content (AvgIpc) is 2.52. The van der Waals surface area contributed by atoms with Crippen molar-refractivity contribution >= 4 is 10.1 Å². The molecule has 140 valence electrons. The fourth-order valence-corrected chi connectivity index (χ4v) is 2.45. The molecule has 0 aliphatic heterocycles. The van der Waals surface area contributed by atoms with E-state index in [9.17, 15) is 13.5 Å². The molecule has 0 fully saturated rings. The highest BCUT2D eigenvalue weighted by molar-refractivity contribution is 7.86. The molecule has 0 radical (unpaired) electrons. The van der Waals surface area contributed by atoms with Crippen LogP contribution in [0.15, 0.2) is 24.3 Å². The van der Waals surface area contributed by atoms with Gasteiger partial charge in [-0.1, -0.05) is 57.2 Å². The van der Waals surface area contributed by atoms with Gasteiger partial charge in [-0.2, -0.15) is 8.42 Å². The highest BCUT2D eigenvalue weighted by Crippen LogP contribution is 2.18. The van der Waals surface area contributed by atoms with Gasteiger partial charge in [0.15, 0.2) is 5.44 Å². The largest absolute Gasteiger partial charge is 0.508 e. The van der Waals surface area contributed by atoms with E-state index in [1.54, 1.807) is 13.0 Å². The number of aryl methyl sites for hydroxylation is 1. The number of hydrogen-bond acceptors (Lipinski definition) is 4. The molecule has 0 aliphatic carbocycles. The molecule has 6 heteroatoms. The maximum Gasteiger partial charge on any atom is 0.291 e. The van der Waals surface area contributed by atoms with E-state index in [-0.39, 0.29) is 6.61 Å². The Kier molecular flexibility index (Phi) is 12.6. The second kappa shape index (κ2) is 13.2. The van der Waals surface area contributed by atoms with Crippen LogP contribution in [0.2, 0.25) is 0 Å². The van der Waals surface area contributed by atoms with E-state index in [0.29, 0.717) is 5.75 Å². The van der Waals surface area contributed by atoms with Crippen molar-refractivity contribution in [3.63, 3.8) is 0 Å². The third-order valence-corrected chi connectivity index (χ3v) is 4.59. The van der Waals surface area contributed by atoms with Gasteiger partial charge in [0, 0.05) is 6.61 Å². The Bertz CT molecular complexity index is 528. The lowest BCUT2D eigenvalue weighted by Crippen LogP contribution is -2.19. The van der Waals surface area contributed by atoms with Crippen LogP contribution in [0.1, 0.15) is 64.9 Å². The van der Waals surface area contributed by atoms with Crippen LogP contribution in [0.4, 0.5) is 0 Å². The lowest BCUT2D eigenvalue weighted by Gasteiger charge is -2.05. The van der Waals surface area contributed by atoms with E-state index < -0.39 is 15.6 Å². The van der Waals surface area contributed by atoms with Gasteiger partial charge in [-0.25, -0.2) is 0 Å². The van der Waals surface area contributed by atoms with E-state index in [1.807, 2.05) is 18.2 Å². The van der Waals surface area contributed by atoms with Gasteiger partial charge in [-0.3, -0.25) is 4.55 Å². The standard InChI is InChI=1S/C14H22O.C4H10O4S/c1-2-3-4-5-6-7-10-13-11-8-9-12-14(13)15;1-3-8-4(2)9(5,6)7/h8-9,11-12,15H,2-7,10H2,1H3;4H,3H2,1-2H3,(H,5,6,7). The number of phenolic OH excluding ortho intramolecular Hbond substituents is 1. The summed E-state index contributed by atoms with van der Waals surface area (Å²) in [6, 6.07) is 7.65. The van der Waals surface area contributed by atoms with Crippen LogP contribution in [-0.2, 0) is 21.3 Å². The third-order valence-electron chi connectivity index (χ3n) is 3.61. The van der Waals surface area contributed by atoms with Crippen molar-refractivity contribution in [3.05, 3.63) is 29.8 Å². The summed E-state index contributed by atoms with van der Waals surface area (Å²) in [5.74, 6) is 0.450. The number of benzene rings is 1. The zero-order valence-electron chi connectivity index (χ0n) is 15.1. The van der Waals surface area contributed by atoms with E-state index in [4.69, 9.17) is 4.55 Å². The molecule has 0 saturated heterocycles. The highest BCUT2D eigenvalue weighted by atomic mass is 32.2. The number of hydrogen-bond donors (Lipinski definition) is 2. The molecule has 0 saturated carbocycles. The average molecular weight is 361 g/mol. The van der Waals surface area contributed by atoms with Crippen molar-refractivity contribution in [1.29, 1.82) is 0 Å². The predicted molar refractivity (Wildman–Crippen MR) is 97.8 cm³/mol.